The summed E-state index contributed by atoms with van der Waals surface area (Å²) in [6.07, 6.45) is 0.418. The summed E-state index contributed by atoms with van der Waals surface area (Å²) in [6, 6.07) is 9.58. The molecule has 0 saturated carbocycles. The number of hydrogen-bond acceptors (Lipinski definition) is 3. The van der Waals surface area contributed by atoms with Crippen LogP contribution in [0, 0.1) is 17.2 Å². The number of nitriles is 1. The van der Waals surface area contributed by atoms with Crippen LogP contribution in [-0.4, -0.2) is 18.6 Å². The van der Waals surface area contributed by atoms with Crippen molar-refractivity contribution in [2.45, 2.75) is 33.2 Å². The number of nitrogens with one attached hydrogen (secondary N) is 1. The minimum atomic E-state index is -0.652. The number of benzene rings is 1. The van der Waals surface area contributed by atoms with E-state index in [0.717, 1.165) is 11.3 Å². The molecule has 1 N–H and O–H groups in total. The SMILES string of the molecule is CCOc1ccc(CC(C#N)C(=O)NC(C)C)cc1. The molecule has 0 bridgehead atoms. The van der Waals surface area contributed by atoms with Crippen molar-refractivity contribution in [2.75, 3.05) is 6.61 Å². The van der Waals surface area contributed by atoms with Crippen molar-refractivity contribution in [3.63, 3.8) is 0 Å². The predicted molar refractivity (Wildman–Crippen MR) is 73.7 cm³/mol. The average molecular weight is 260 g/mol. The van der Waals surface area contributed by atoms with Gasteiger partial charge in [0.2, 0.25) is 5.91 Å². The van der Waals surface area contributed by atoms with Gasteiger partial charge in [-0.15, -0.1) is 0 Å². The number of ether oxygens (including phenoxy) is 1. The molecule has 4 nitrogen and oxygen atoms in total. The van der Waals surface area contributed by atoms with Gasteiger partial charge in [0.05, 0.1) is 12.7 Å². The van der Waals surface area contributed by atoms with E-state index in [1.54, 1.807) is 0 Å². The molecule has 0 aliphatic heterocycles. The molecular formula is C15H20N2O2. The average Bonchev–Trinajstić information content (AvgIpc) is 2.37. The van der Waals surface area contributed by atoms with Crippen LogP contribution < -0.4 is 10.1 Å². The summed E-state index contributed by atoms with van der Waals surface area (Å²) >= 11 is 0. The van der Waals surface area contributed by atoms with Gasteiger partial charge in [-0.1, -0.05) is 12.1 Å². The van der Waals surface area contributed by atoms with Crippen molar-refractivity contribution in [2.24, 2.45) is 5.92 Å². The van der Waals surface area contributed by atoms with Gasteiger partial charge in [0.1, 0.15) is 11.7 Å². The topological polar surface area (TPSA) is 62.1 Å². The Balaban J connectivity index is 2.66. The zero-order valence-electron chi connectivity index (χ0n) is 11.6. The smallest absolute Gasteiger partial charge is 0.237 e. The Morgan fingerprint density at radius 3 is 2.47 bits per heavy atom. The van der Waals surface area contributed by atoms with Crippen molar-refractivity contribution >= 4 is 5.91 Å². The van der Waals surface area contributed by atoms with Crippen molar-refractivity contribution < 1.29 is 9.53 Å². The van der Waals surface area contributed by atoms with Gasteiger partial charge in [0.25, 0.3) is 0 Å². The van der Waals surface area contributed by atoms with Gasteiger partial charge in [-0.05, 0) is 44.9 Å². The first-order valence-corrected chi connectivity index (χ1v) is 6.48. The highest BCUT2D eigenvalue weighted by Crippen LogP contribution is 2.15. The lowest BCUT2D eigenvalue weighted by Crippen LogP contribution is -2.35. The normalized spacial score (nSPS) is 11.7. The van der Waals surface area contributed by atoms with Crippen LogP contribution in [0.1, 0.15) is 26.3 Å². The summed E-state index contributed by atoms with van der Waals surface area (Å²) < 4.78 is 5.35. The highest BCUT2D eigenvalue weighted by Gasteiger charge is 2.18. The molecule has 0 saturated heterocycles. The van der Waals surface area contributed by atoms with E-state index in [-0.39, 0.29) is 11.9 Å². The number of hydrogen-bond donors (Lipinski definition) is 1. The predicted octanol–water partition coefficient (Wildman–Crippen LogP) is 2.29. The Morgan fingerprint density at radius 2 is 2.00 bits per heavy atom. The second kappa shape index (κ2) is 7.42. The third-order valence-electron chi connectivity index (χ3n) is 2.58. The van der Waals surface area contributed by atoms with Gasteiger partial charge in [-0.2, -0.15) is 5.26 Å². The maximum Gasteiger partial charge on any atom is 0.237 e. The highest BCUT2D eigenvalue weighted by molar-refractivity contribution is 5.81. The summed E-state index contributed by atoms with van der Waals surface area (Å²) in [7, 11) is 0. The number of carbonyl (C=O) groups excluding carboxylic acids is 1. The van der Waals surface area contributed by atoms with E-state index in [1.807, 2.05) is 45.0 Å². The lowest BCUT2D eigenvalue weighted by molar-refractivity contribution is -0.123. The summed E-state index contributed by atoms with van der Waals surface area (Å²) in [5.41, 5.74) is 0.953. The van der Waals surface area contributed by atoms with Crippen molar-refractivity contribution in [3.8, 4) is 11.8 Å². The van der Waals surface area contributed by atoms with Crippen LogP contribution in [0.25, 0.3) is 0 Å². The van der Waals surface area contributed by atoms with Crippen LogP contribution in [0.4, 0.5) is 0 Å². The van der Waals surface area contributed by atoms with Gasteiger partial charge in [-0.3, -0.25) is 4.79 Å². The van der Waals surface area contributed by atoms with Crippen LogP contribution in [-0.2, 0) is 11.2 Å². The minimum absolute atomic E-state index is 0.0451. The third kappa shape index (κ3) is 5.01. The molecule has 1 unspecified atom stereocenters. The van der Waals surface area contributed by atoms with Crippen molar-refractivity contribution in [1.29, 1.82) is 5.26 Å². The number of amides is 1. The third-order valence-corrected chi connectivity index (χ3v) is 2.58. The van der Waals surface area contributed by atoms with Gasteiger partial charge < -0.3 is 10.1 Å². The second-order valence-electron chi connectivity index (χ2n) is 4.63. The summed E-state index contributed by atoms with van der Waals surface area (Å²) in [4.78, 5) is 11.8. The number of carbonyl (C=O) groups is 1. The van der Waals surface area contributed by atoms with Gasteiger partial charge >= 0.3 is 0 Å². The van der Waals surface area contributed by atoms with Crippen LogP contribution in [0.3, 0.4) is 0 Å². The molecular weight excluding hydrogens is 240 g/mol. The highest BCUT2D eigenvalue weighted by atomic mass is 16.5. The summed E-state index contributed by atoms with van der Waals surface area (Å²) in [5.74, 6) is -0.0712. The van der Waals surface area contributed by atoms with E-state index in [1.165, 1.54) is 0 Å². The molecule has 4 heteroatoms. The molecule has 0 radical (unpaired) electrons. The van der Waals surface area contributed by atoms with E-state index in [9.17, 15) is 4.79 Å². The molecule has 0 aliphatic carbocycles. The minimum Gasteiger partial charge on any atom is -0.494 e. The zero-order valence-corrected chi connectivity index (χ0v) is 11.6. The molecule has 0 spiro atoms. The zero-order chi connectivity index (χ0) is 14.3. The van der Waals surface area contributed by atoms with E-state index in [4.69, 9.17) is 10.00 Å². The largest absolute Gasteiger partial charge is 0.494 e. The molecule has 0 aromatic heterocycles. The molecule has 1 atom stereocenters. The second-order valence-corrected chi connectivity index (χ2v) is 4.63. The Hall–Kier alpha value is -2.02. The maximum atomic E-state index is 11.8. The summed E-state index contributed by atoms with van der Waals surface area (Å²) in [6.45, 7) is 6.30. The summed E-state index contributed by atoms with van der Waals surface area (Å²) in [5, 5.41) is 11.8. The van der Waals surface area contributed by atoms with E-state index in [2.05, 4.69) is 11.4 Å². The standard InChI is InChI=1S/C15H20N2O2/c1-4-19-14-7-5-12(6-8-14)9-13(10-16)15(18)17-11(2)3/h5-8,11,13H,4,9H2,1-3H3,(H,17,18). The number of nitrogens with zero attached hydrogens (tertiary/aromatic N) is 1. The lowest BCUT2D eigenvalue weighted by atomic mass is 9.99. The Bertz CT molecular complexity index is 446. The molecule has 0 fully saturated rings. The van der Waals surface area contributed by atoms with Crippen LogP contribution >= 0.6 is 0 Å². The molecule has 1 amide bonds. The first-order valence-electron chi connectivity index (χ1n) is 6.48. The monoisotopic (exact) mass is 260 g/mol. The van der Waals surface area contributed by atoms with Gasteiger partial charge in [0, 0.05) is 6.04 Å². The van der Waals surface area contributed by atoms with Gasteiger partial charge in [0.15, 0.2) is 0 Å². The quantitative estimate of drug-likeness (QED) is 0.853. The fraction of sp³-hybridized carbons (Fsp3) is 0.467. The van der Waals surface area contributed by atoms with E-state index >= 15 is 0 Å². The lowest BCUT2D eigenvalue weighted by Gasteiger charge is -2.13. The molecule has 0 heterocycles. The van der Waals surface area contributed by atoms with Gasteiger partial charge in [-0.25, -0.2) is 0 Å². The molecule has 1 aromatic carbocycles. The first kappa shape index (κ1) is 15.0. The van der Waals surface area contributed by atoms with E-state index in [0.29, 0.717) is 13.0 Å². The molecule has 19 heavy (non-hydrogen) atoms. The van der Waals surface area contributed by atoms with Crippen molar-refractivity contribution in [1.82, 2.24) is 5.32 Å². The molecule has 102 valence electrons. The maximum absolute atomic E-state index is 11.8. The fourth-order valence-electron chi connectivity index (χ4n) is 1.71. The number of rotatable bonds is 6. The Labute approximate surface area is 114 Å². The Kier molecular flexibility index (Phi) is 5.87. The molecule has 1 aromatic rings. The van der Waals surface area contributed by atoms with E-state index < -0.39 is 5.92 Å². The first-order chi connectivity index (χ1) is 9.06. The Morgan fingerprint density at radius 1 is 1.37 bits per heavy atom. The van der Waals surface area contributed by atoms with Crippen molar-refractivity contribution in [3.05, 3.63) is 29.8 Å². The van der Waals surface area contributed by atoms with Crippen LogP contribution in [0.15, 0.2) is 24.3 Å². The van der Waals surface area contributed by atoms with Crippen LogP contribution in [0.5, 0.6) is 5.75 Å². The molecule has 0 aliphatic rings. The van der Waals surface area contributed by atoms with Crippen LogP contribution in [0.2, 0.25) is 0 Å². The molecule has 1 rings (SSSR count). The fourth-order valence-corrected chi connectivity index (χ4v) is 1.71.